The molecule has 3 aromatic rings. The van der Waals surface area contributed by atoms with E-state index < -0.39 is 0 Å². The fraction of sp³-hybridized carbons (Fsp3) is 0.111. The Balaban J connectivity index is 1.54. The second-order valence-corrected chi connectivity index (χ2v) is 5.24. The summed E-state index contributed by atoms with van der Waals surface area (Å²) in [6.45, 7) is 0.588. The minimum absolute atomic E-state index is 0.102. The van der Waals surface area contributed by atoms with Crippen LogP contribution in [0.2, 0.25) is 0 Å². The maximum Gasteiger partial charge on any atom is 0.254 e. The second kappa shape index (κ2) is 7.96. The molecule has 0 radical (unpaired) electrons. The lowest BCUT2D eigenvalue weighted by Crippen LogP contribution is -2.23. The zero-order valence-corrected chi connectivity index (χ0v) is 13.3. The van der Waals surface area contributed by atoms with Gasteiger partial charge in [0.1, 0.15) is 5.82 Å². The van der Waals surface area contributed by atoms with Crippen molar-refractivity contribution in [2.45, 2.75) is 13.1 Å². The molecule has 6 nitrogen and oxygen atoms in total. The van der Waals surface area contributed by atoms with E-state index in [0.717, 1.165) is 5.69 Å². The smallest absolute Gasteiger partial charge is 0.254 e. The fourth-order valence-corrected chi connectivity index (χ4v) is 2.13. The van der Waals surface area contributed by atoms with E-state index in [1.54, 1.807) is 24.4 Å². The van der Waals surface area contributed by atoms with Gasteiger partial charge < -0.3 is 10.6 Å². The first kappa shape index (κ1) is 16.5. The topological polar surface area (TPSA) is 79.8 Å². The van der Waals surface area contributed by atoms with Crippen LogP contribution in [-0.4, -0.2) is 20.9 Å². The molecule has 0 atom stereocenters. The third-order valence-electron chi connectivity index (χ3n) is 3.47. The largest absolute Gasteiger partial charge is 0.349 e. The van der Waals surface area contributed by atoms with Crippen LogP contribution in [0.3, 0.4) is 0 Å². The van der Waals surface area contributed by atoms with Crippen LogP contribution >= 0.6 is 0 Å². The molecule has 0 aliphatic carbocycles. The van der Waals surface area contributed by atoms with E-state index in [1.807, 2.05) is 18.2 Å². The first-order valence-corrected chi connectivity index (χ1v) is 7.70. The summed E-state index contributed by atoms with van der Waals surface area (Å²) in [5.74, 6) is -0.316. The number of carbonyl (C=O) groups excluding carboxylic acids is 1. The number of pyridine rings is 1. The van der Waals surface area contributed by atoms with Crippen molar-refractivity contribution in [1.29, 1.82) is 0 Å². The van der Waals surface area contributed by atoms with Crippen LogP contribution in [0.5, 0.6) is 0 Å². The van der Waals surface area contributed by atoms with Gasteiger partial charge in [0.25, 0.3) is 5.91 Å². The Bertz CT molecular complexity index is 840. The predicted molar refractivity (Wildman–Crippen MR) is 91.2 cm³/mol. The van der Waals surface area contributed by atoms with Gasteiger partial charge >= 0.3 is 0 Å². The highest BCUT2D eigenvalue weighted by Crippen LogP contribution is 2.07. The molecule has 0 aliphatic rings. The number of halogens is 1. The van der Waals surface area contributed by atoms with Gasteiger partial charge in [-0.2, -0.15) is 0 Å². The molecule has 25 heavy (non-hydrogen) atoms. The van der Waals surface area contributed by atoms with Crippen molar-refractivity contribution in [3.05, 3.63) is 83.7 Å². The number of nitrogens with one attached hydrogen (secondary N) is 2. The van der Waals surface area contributed by atoms with Crippen LogP contribution in [-0.2, 0) is 13.1 Å². The average Bonchev–Trinajstić information content (AvgIpc) is 2.67. The highest BCUT2D eigenvalue weighted by atomic mass is 19.1. The van der Waals surface area contributed by atoms with Gasteiger partial charge in [0.15, 0.2) is 0 Å². The third-order valence-corrected chi connectivity index (χ3v) is 3.47. The molecule has 0 aliphatic heterocycles. The zero-order chi connectivity index (χ0) is 17.5. The highest BCUT2D eigenvalue weighted by Gasteiger charge is 2.08. The van der Waals surface area contributed by atoms with Gasteiger partial charge in [-0.05, 0) is 18.2 Å². The second-order valence-electron chi connectivity index (χ2n) is 5.24. The highest BCUT2D eigenvalue weighted by molar-refractivity contribution is 5.93. The van der Waals surface area contributed by atoms with Crippen LogP contribution in [0.1, 0.15) is 21.6 Å². The van der Waals surface area contributed by atoms with Crippen molar-refractivity contribution in [1.82, 2.24) is 20.3 Å². The van der Waals surface area contributed by atoms with Gasteiger partial charge in [0.05, 0.1) is 17.8 Å². The van der Waals surface area contributed by atoms with Gasteiger partial charge in [-0.15, -0.1) is 0 Å². The van der Waals surface area contributed by atoms with Crippen molar-refractivity contribution < 1.29 is 9.18 Å². The molecule has 0 unspecified atom stereocenters. The zero-order valence-electron chi connectivity index (χ0n) is 13.3. The standard InChI is InChI=1S/C18H16FN5O/c19-16-7-2-1-5-13(16)9-21-17(25)14-10-22-18(23-11-14)24-12-15-6-3-4-8-20-15/h1-8,10-11H,9,12H2,(H,21,25)(H,22,23,24). The third kappa shape index (κ3) is 4.57. The van der Waals surface area contributed by atoms with Crippen LogP contribution < -0.4 is 10.6 Å². The van der Waals surface area contributed by atoms with E-state index in [9.17, 15) is 9.18 Å². The number of amides is 1. The molecule has 0 bridgehead atoms. The van der Waals surface area contributed by atoms with Gasteiger partial charge in [-0.25, -0.2) is 14.4 Å². The number of benzene rings is 1. The summed E-state index contributed by atoms with van der Waals surface area (Å²) in [6.07, 6.45) is 4.55. The summed E-state index contributed by atoms with van der Waals surface area (Å²) < 4.78 is 13.5. The monoisotopic (exact) mass is 337 g/mol. The predicted octanol–water partition coefficient (Wildman–Crippen LogP) is 2.55. The van der Waals surface area contributed by atoms with Crippen molar-refractivity contribution in [2.75, 3.05) is 5.32 Å². The van der Waals surface area contributed by atoms with Crippen molar-refractivity contribution >= 4 is 11.9 Å². The van der Waals surface area contributed by atoms with Crippen LogP contribution in [0, 0.1) is 5.82 Å². The van der Waals surface area contributed by atoms with Crippen LogP contribution in [0.25, 0.3) is 0 Å². The maximum absolute atomic E-state index is 13.5. The summed E-state index contributed by atoms with van der Waals surface area (Å²) in [5, 5.41) is 5.67. The molecule has 0 saturated carbocycles. The Labute approximate surface area is 144 Å². The van der Waals surface area contributed by atoms with Gasteiger partial charge in [-0.3, -0.25) is 9.78 Å². The molecular formula is C18H16FN5O. The van der Waals surface area contributed by atoms with E-state index in [0.29, 0.717) is 23.6 Å². The Morgan fingerprint density at radius 1 is 0.960 bits per heavy atom. The number of carbonyl (C=O) groups is 1. The molecule has 1 amide bonds. The molecule has 0 fully saturated rings. The quantitative estimate of drug-likeness (QED) is 0.723. The van der Waals surface area contributed by atoms with Gasteiger partial charge in [0.2, 0.25) is 5.95 Å². The summed E-state index contributed by atoms with van der Waals surface area (Å²) in [5.41, 5.74) is 1.59. The van der Waals surface area contributed by atoms with Crippen molar-refractivity contribution in [2.24, 2.45) is 0 Å². The SMILES string of the molecule is O=C(NCc1ccccc1F)c1cnc(NCc2ccccn2)nc1. The van der Waals surface area contributed by atoms with E-state index in [4.69, 9.17) is 0 Å². The maximum atomic E-state index is 13.5. The Hall–Kier alpha value is -3.35. The lowest BCUT2D eigenvalue weighted by molar-refractivity contribution is 0.0950. The van der Waals surface area contributed by atoms with E-state index >= 15 is 0 Å². The summed E-state index contributed by atoms with van der Waals surface area (Å²) in [7, 11) is 0. The van der Waals surface area contributed by atoms with E-state index in [1.165, 1.54) is 18.5 Å². The van der Waals surface area contributed by atoms with E-state index in [2.05, 4.69) is 25.6 Å². The number of hydrogen-bond acceptors (Lipinski definition) is 5. The molecule has 0 spiro atoms. The molecule has 0 saturated heterocycles. The first-order chi connectivity index (χ1) is 12.2. The van der Waals surface area contributed by atoms with Crippen LogP contribution in [0.4, 0.5) is 10.3 Å². The van der Waals surface area contributed by atoms with Crippen molar-refractivity contribution in [3.63, 3.8) is 0 Å². The Morgan fingerprint density at radius 2 is 1.72 bits per heavy atom. The molecule has 126 valence electrons. The Kier molecular flexibility index (Phi) is 5.26. The normalized spacial score (nSPS) is 10.3. The number of aromatic nitrogens is 3. The molecule has 2 heterocycles. The summed E-state index contributed by atoms with van der Waals surface area (Å²) in [4.78, 5) is 24.5. The minimum Gasteiger partial charge on any atom is -0.349 e. The molecule has 1 aromatic carbocycles. The summed E-state index contributed by atoms with van der Waals surface area (Å²) in [6, 6.07) is 11.9. The van der Waals surface area contributed by atoms with Crippen LogP contribution in [0.15, 0.2) is 61.1 Å². The Morgan fingerprint density at radius 3 is 2.44 bits per heavy atom. The lowest BCUT2D eigenvalue weighted by atomic mass is 10.2. The lowest BCUT2D eigenvalue weighted by Gasteiger charge is -2.07. The minimum atomic E-state index is -0.362. The average molecular weight is 337 g/mol. The molecule has 3 rings (SSSR count). The summed E-state index contributed by atoms with van der Waals surface area (Å²) >= 11 is 0. The number of rotatable bonds is 6. The van der Waals surface area contributed by atoms with E-state index in [-0.39, 0.29) is 18.3 Å². The fourth-order valence-electron chi connectivity index (χ4n) is 2.13. The molecule has 7 heteroatoms. The molecule has 2 N–H and O–H groups in total. The number of nitrogens with zero attached hydrogens (tertiary/aromatic N) is 3. The molecule has 2 aromatic heterocycles. The number of hydrogen-bond donors (Lipinski definition) is 2. The van der Waals surface area contributed by atoms with Gasteiger partial charge in [0, 0.05) is 30.7 Å². The molecular weight excluding hydrogens is 321 g/mol. The number of anilines is 1. The van der Waals surface area contributed by atoms with Gasteiger partial charge in [-0.1, -0.05) is 24.3 Å². The van der Waals surface area contributed by atoms with Crippen molar-refractivity contribution in [3.8, 4) is 0 Å². The first-order valence-electron chi connectivity index (χ1n) is 7.70.